The highest BCUT2D eigenvalue weighted by atomic mass is 32.2. The number of hydrogen-bond donors (Lipinski definition) is 1. The van der Waals surface area contributed by atoms with E-state index in [9.17, 15) is 17.6 Å². The molecule has 0 unspecified atom stereocenters. The highest BCUT2D eigenvalue weighted by Crippen LogP contribution is 2.26. The molecule has 1 saturated heterocycles. The molecule has 1 amide bonds. The number of benzene rings is 2. The van der Waals surface area contributed by atoms with Crippen LogP contribution in [0.5, 0.6) is 5.75 Å². The number of anilines is 1. The van der Waals surface area contributed by atoms with Gasteiger partial charge in [-0.3, -0.25) is 4.79 Å². The molecule has 150 valence electrons. The van der Waals surface area contributed by atoms with Gasteiger partial charge in [0, 0.05) is 13.1 Å². The third-order valence-corrected chi connectivity index (χ3v) is 6.54. The van der Waals surface area contributed by atoms with Gasteiger partial charge in [-0.2, -0.15) is 4.31 Å². The lowest BCUT2D eigenvalue weighted by Gasteiger charge is -2.31. The van der Waals surface area contributed by atoms with Crippen molar-refractivity contribution in [1.82, 2.24) is 4.31 Å². The highest BCUT2D eigenvalue weighted by Gasteiger charge is 2.33. The first-order valence-electron chi connectivity index (χ1n) is 9.20. The van der Waals surface area contributed by atoms with E-state index in [2.05, 4.69) is 5.32 Å². The summed E-state index contributed by atoms with van der Waals surface area (Å²) >= 11 is 0. The van der Waals surface area contributed by atoms with E-state index in [1.807, 2.05) is 6.92 Å². The second-order valence-electron chi connectivity index (χ2n) is 6.58. The topological polar surface area (TPSA) is 75.7 Å². The molecule has 8 heteroatoms. The van der Waals surface area contributed by atoms with Crippen LogP contribution in [-0.2, 0) is 14.8 Å². The molecule has 0 aliphatic carbocycles. The zero-order valence-corrected chi connectivity index (χ0v) is 16.4. The number of para-hydroxylation sites is 1. The first kappa shape index (κ1) is 20.3. The van der Waals surface area contributed by atoms with Crippen LogP contribution in [-0.4, -0.2) is 38.3 Å². The molecule has 1 N–H and O–H groups in total. The molecule has 0 spiro atoms. The highest BCUT2D eigenvalue weighted by molar-refractivity contribution is 7.89. The number of nitrogens with zero attached hydrogens (tertiary/aromatic N) is 1. The minimum absolute atomic E-state index is 0.0653. The van der Waals surface area contributed by atoms with Gasteiger partial charge in [-0.15, -0.1) is 0 Å². The van der Waals surface area contributed by atoms with Gasteiger partial charge in [-0.25, -0.2) is 12.8 Å². The van der Waals surface area contributed by atoms with E-state index in [0.29, 0.717) is 31.7 Å². The maximum absolute atomic E-state index is 13.8. The summed E-state index contributed by atoms with van der Waals surface area (Å²) in [5, 5.41) is 2.56. The van der Waals surface area contributed by atoms with Crippen molar-refractivity contribution in [2.45, 2.75) is 24.7 Å². The van der Waals surface area contributed by atoms with Gasteiger partial charge in [0.1, 0.15) is 11.6 Å². The molecule has 1 fully saturated rings. The Kier molecular flexibility index (Phi) is 6.31. The van der Waals surface area contributed by atoms with E-state index in [4.69, 9.17) is 4.74 Å². The number of amides is 1. The van der Waals surface area contributed by atoms with Crippen LogP contribution in [0.15, 0.2) is 53.4 Å². The van der Waals surface area contributed by atoms with E-state index in [1.54, 1.807) is 18.2 Å². The molecule has 0 saturated carbocycles. The number of sulfonamides is 1. The molecule has 2 aromatic rings. The van der Waals surface area contributed by atoms with Crippen molar-refractivity contribution in [3.63, 3.8) is 0 Å². The number of halogens is 1. The summed E-state index contributed by atoms with van der Waals surface area (Å²) in [5.74, 6) is -0.838. The summed E-state index contributed by atoms with van der Waals surface area (Å²) in [6.45, 7) is 2.76. The van der Waals surface area contributed by atoms with Crippen molar-refractivity contribution in [3.8, 4) is 5.75 Å². The first-order chi connectivity index (χ1) is 13.4. The molecule has 1 aliphatic heterocycles. The third kappa shape index (κ3) is 4.51. The van der Waals surface area contributed by atoms with Crippen LogP contribution in [0.4, 0.5) is 10.1 Å². The molecule has 1 aliphatic rings. The molecule has 0 bridgehead atoms. The van der Waals surface area contributed by atoms with E-state index >= 15 is 0 Å². The quantitative estimate of drug-likeness (QED) is 0.799. The second kappa shape index (κ2) is 8.70. The van der Waals surface area contributed by atoms with Crippen LogP contribution in [0.2, 0.25) is 0 Å². The van der Waals surface area contributed by atoms with Crippen LogP contribution >= 0.6 is 0 Å². The van der Waals surface area contributed by atoms with E-state index in [1.165, 1.54) is 34.6 Å². The number of carbonyl (C=O) groups excluding carboxylic acids is 1. The fourth-order valence-electron chi connectivity index (χ4n) is 3.20. The largest absolute Gasteiger partial charge is 0.494 e. The average Bonchev–Trinajstić information content (AvgIpc) is 2.70. The minimum atomic E-state index is -3.72. The Morgan fingerprint density at radius 2 is 1.93 bits per heavy atom. The van der Waals surface area contributed by atoms with Crippen molar-refractivity contribution in [3.05, 3.63) is 54.3 Å². The lowest BCUT2D eigenvalue weighted by atomic mass is 9.98. The number of nitrogens with one attached hydrogen (secondary N) is 1. The van der Waals surface area contributed by atoms with Crippen molar-refractivity contribution in [2.24, 2.45) is 5.92 Å². The number of carbonyl (C=O) groups is 1. The van der Waals surface area contributed by atoms with Gasteiger partial charge in [-0.1, -0.05) is 12.1 Å². The fourth-order valence-corrected chi connectivity index (χ4v) is 4.72. The number of hydrogen-bond acceptors (Lipinski definition) is 4. The summed E-state index contributed by atoms with van der Waals surface area (Å²) in [6.07, 6.45) is 1.11. The minimum Gasteiger partial charge on any atom is -0.494 e. The molecule has 2 aromatic carbocycles. The SMILES string of the molecule is CCOc1ccc(S(=O)(=O)N2CCC[C@H](C(=O)Nc3ccccc3F)C2)cc1. The summed E-state index contributed by atoms with van der Waals surface area (Å²) in [4.78, 5) is 12.7. The Morgan fingerprint density at radius 1 is 1.21 bits per heavy atom. The van der Waals surface area contributed by atoms with Crippen molar-refractivity contribution < 1.29 is 22.3 Å². The number of rotatable bonds is 6. The molecule has 28 heavy (non-hydrogen) atoms. The monoisotopic (exact) mass is 406 g/mol. The van der Waals surface area contributed by atoms with E-state index < -0.39 is 21.8 Å². The van der Waals surface area contributed by atoms with Crippen LogP contribution < -0.4 is 10.1 Å². The Balaban J connectivity index is 1.71. The van der Waals surface area contributed by atoms with E-state index in [-0.39, 0.29) is 23.0 Å². The predicted octanol–water partition coefficient (Wildman–Crippen LogP) is 3.26. The first-order valence-corrected chi connectivity index (χ1v) is 10.6. The van der Waals surface area contributed by atoms with Crippen molar-refractivity contribution >= 4 is 21.6 Å². The van der Waals surface area contributed by atoms with Crippen LogP contribution in [0.1, 0.15) is 19.8 Å². The standard InChI is InChI=1S/C20H23FN2O4S/c1-2-27-16-9-11-17(12-10-16)28(25,26)23-13-5-6-15(14-23)20(24)22-19-8-4-3-7-18(19)21/h3-4,7-12,15H,2,5-6,13-14H2,1H3,(H,22,24)/t15-/m0/s1. The van der Waals surface area contributed by atoms with Gasteiger partial charge in [0.15, 0.2) is 0 Å². The Labute approximate surface area is 164 Å². The molecule has 6 nitrogen and oxygen atoms in total. The van der Waals surface area contributed by atoms with Gasteiger partial charge < -0.3 is 10.1 Å². The van der Waals surface area contributed by atoms with Gasteiger partial charge in [0.05, 0.1) is 23.1 Å². The molecule has 1 atom stereocenters. The number of piperidine rings is 1. The summed E-state index contributed by atoms with van der Waals surface area (Å²) < 4.78 is 46.3. The van der Waals surface area contributed by atoms with Crippen LogP contribution in [0.25, 0.3) is 0 Å². The van der Waals surface area contributed by atoms with Crippen molar-refractivity contribution in [2.75, 3.05) is 25.0 Å². The zero-order chi connectivity index (χ0) is 20.1. The Morgan fingerprint density at radius 3 is 2.61 bits per heavy atom. The maximum Gasteiger partial charge on any atom is 0.243 e. The number of ether oxygens (including phenoxy) is 1. The van der Waals surface area contributed by atoms with Crippen molar-refractivity contribution in [1.29, 1.82) is 0 Å². The van der Waals surface area contributed by atoms with Gasteiger partial charge in [0.2, 0.25) is 15.9 Å². The van der Waals surface area contributed by atoms with Gasteiger partial charge in [-0.05, 0) is 56.2 Å². The third-order valence-electron chi connectivity index (χ3n) is 4.66. The molecule has 0 radical (unpaired) electrons. The van der Waals surface area contributed by atoms with Gasteiger partial charge in [0.25, 0.3) is 0 Å². The lowest BCUT2D eigenvalue weighted by molar-refractivity contribution is -0.120. The average molecular weight is 406 g/mol. The zero-order valence-electron chi connectivity index (χ0n) is 15.6. The molecule has 1 heterocycles. The lowest BCUT2D eigenvalue weighted by Crippen LogP contribution is -2.43. The predicted molar refractivity (Wildman–Crippen MR) is 104 cm³/mol. The maximum atomic E-state index is 13.8. The normalized spacial score (nSPS) is 17.9. The molecular weight excluding hydrogens is 383 g/mol. The second-order valence-corrected chi connectivity index (χ2v) is 8.51. The molecule has 0 aromatic heterocycles. The smallest absolute Gasteiger partial charge is 0.243 e. The summed E-state index contributed by atoms with van der Waals surface area (Å²) in [6, 6.07) is 12.1. The summed E-state index contributed by atoms with van der Waals surface area (Å²) in [7, 11) is -3.72. The van der Waals surface area contributed by atoms with E-state index in [0.717, 1.165) is 0 Å². The molecular formula is C20H23FN2O4S. The van der Waals surface area contributed by atoms with Crippen LogP contribution in [0, 0.1) is 11.7 Å². The Bertz CT molecular complexity index is 931. The Hall–Kier alpha value is -2.45. The van der Waals surface area contributed by atoms with Crippen LogP contribution in [0.3, 0.4) is 0 Å². The molecule has 3 rings (SSSR count). The van der Waals surface area contributed by atoms with Gasteiger partial charge >= 0.3 is 0 Å². The summed E-state index contributed by atoms with van der Waals surface area (Å²) in [5.41, 5.74) is 0.0963. The fraction of sp³-hybridized carbons (Fsp3) is 0.350.